The van der Waals surface area contributed by atoms with Gasteiger partial charge in [0.25, 0.3) is 0 Å². The van der Waals surface area contributed by atoms with Gasteiger partial charge >= 0.3 is 0 Å². The molecule has 0 saturated carbocycles. The van der Waals surface area contributed by atoms with Crippen LogP contribution >= 0.6 is 0 Å². The topological polar surface area (TPSA) is 47.3 Å². The van der Waals surface area contributed by atoms with Crippen LogP contribution in [0, 0.1) is 17.2 Å². The fourth-order valence-electron chi connectivity index (χ4n) is 2.50. The average Bonchev–Trinajstić information content (AvgIpc) is 2.23. The lowest BCUT2D eigenvalue weighted by Gasteiger charge is -2.41. The Morgan fingerprint density at radius 3 is 2.76 bits per heavy atom. The SMILES string of the molecule is CC(C)CN1CC(c2c(O)cccc2C#N)C1. The number of rotatable bonds is 3. The summed E-state index contributed by atoms with van der Waals surface area (Å²) in [6, 6.07) is 7.33. The number of hydrogen-bond acceptors (Lipinski definition) is 3. The van der Waals surface area contributed by atoms with E-state index in [0.29, 0.717) is 17.4 Å². The van der Waals surface area contributed by atoms with Gasteiger partial charge in [-0.2, -0.15) is 5.26 Å². The number of benzene rings is 1. The smallest absolute Gasteiger partial charge is 0.120 e. The maximum Gasteiger partial charge on any atom is 0.120 e. The highest BCUT2D eigenvalue weighted by atomic mass is 16.3. The second-order valence-corrected chi connectivity index (χ2v) is 5.16. The highest BCUT2D eigenvalue weighted by Crippen LogP contribution is 2.35. The predicted octanol–water partition coefficient (Wildman–Crippen LogP) is 2.32. The molecule has 2 rings (SSSR count). The molecule has 0 amide bonds. The summed E-state index contributed by atoms with van der Waals surface area (Å²) in [4.78, 5) is 2.36. The molecule has 3 heteroatoms. The molecular formula is C14H18N2O. The molecule has 0 aliphatic carbocycles. The van der Waals surface area contributed by atoms with Gasteiger partial charge in [0, 0.05) is 31.1 Å². The molecule has 1 aliphatic heterocycles. The van der Waals surface area contributed by atoms with Gasteiger partial charge in [0.15, 0.2) is 0 Å². The molecule has 1 fully saturated rings. The number of hydrogen-bond donors (Lipinski definition) is 1. The van der Waals surface area contributed by atoms with E-state index in [4.69, 9.17) is 5.26 Å². The lowest BCUT2D eigenvalue weighted by molar-refractivity contribution is 0.129. The summed E-state index contributed by atoms with van der Waals surface area (Å²) in [5.74, 6) is 1.23. The third-order valence-electron chi connectivity index (χ3n) is 3.19. The van der Waals surface area contributed by atoms with Crippen molar-refractivity contribution in [1.29, 1.82) is 5.26 Å². The third-order valence-corrected chi connectivity index (χ3v) is 3.19. The van der Waals surface area contributed by atoms with E-state index in [9.17, 15) is 5.11 Å². The van der Waals surface area contributed by atoms with Crippen LogP contribution in [0.15, 0.2) is 18.2 Å². The summed E-state index contributed by atoms with van der Waals surface area (Å²) in [6.07, 6.45) is 0. The van der Waals surface area contributed by atoms with E-state index in [1.807, 2.05) is 0 Å². The number of phenolic OH excluding ortho intramolecular Hbond substituents is 1. The minimum atomic E-state index is 0.262. The fraction of sp³-hybridized carbons (Fsp3) is 0.500. The first kappa shape index (κ1) is 11.9. The van der Waals surface area contributed by atoms with Crippen molar-refractivity contribution in [2.75, 3.05) is 19.6 Å². The molecule has 90 valence electrons. The van der Waals surface area contributed by atoms with Crippen molar-refractivity contribution in [2.45, 2.75) is 19.8 Å². The number of nitrogens with zero attached hydrogens (tertiary/aromatic N) is 2. The Balaban J connectivity index is 2.09. The first-order valence-corrected chi connectivity index (χ1v) is 6.06. The van der Waals surface area contributed by atoms with Gasteiger partial charge in [0.2, 0.25) is 0 Å². The molecule has 3 nitrogen and oxygen atoms in total. The van der Waals surface area contributed by atoms with E-state index >= 15 is 0 Å². The number of aromatic hydroxyl groups is 1. The van der Waals surface area contributed by atoms with Crippen LogP contribution in [0.3, 0.4) is 0 Å². The van der Waals surface area contributed by atoms with Gasteiger partial charge in [-0.1, -0.05) is 19.9 Å². The second kappa shape index (κ2) is 4.77. The van der Waals surface area contributed by atoms with E-state index in [0.717, 1.165) is 25.2 Å². The lowest BCUT2D eigenvalue weighted by Crippen LogP contribution is -2.46. The highest BCUT2D eigenvalue weighted by Gasteiger charge is 2.31. The predicted molar refractivity (Wildman–Crippen MR) is 66.8 cm³/mol. The van der Waals surface area contributed by atoms with Crippen molar-refractivity contribution in [1.82, 2.24) is 4.90 Å². The second-order valence-electron chi connectivity index (χ2n) is 5.16. The quantitative estimate of drug-likeness (QED) is 0.866. The van der Waals surface area contributed by atoms with E-state index < -0.39 is 0 Å². The van der Waals surface area contributed by atoms with Gasteiger partial charge in [0.1, 0.15) is 5.75 Å². The molecule has 0 unspecified atom stereocenters. The summed E-state index contributed by atoms with van der Waals surface area (Å²) in [7, 11) is 0. The van der Waals surface area contributed by atoms with E-state index in [-0.39, 0.29) is 5.75 Å². The maximum absolute atomic E-state index is 9.86. The van der Waals surface area contributed by atoms with Gasteiger partial charge in [-0.25, -0.2) is 0 Å². The molecule has 17 heavy (non-hydrogen) atoms. The zero-order valence-corrected chi connectivity index (χ0v) is 10.3. The Bertz CT molecular complexity index is 442. The van der Waals surface area contributed by atoms with Crippen molar-refractivity contribution < 1.29 is 5.11 Å². The van der Waals surface area contributed by atoms with Crippen molar-refractivity contribution in [3.8, 4) is 11.8 Å². The zero-order chi connectivity index (χ0) is 12.4. The van der Waals surface area contributed by atoms with E-state index in [1.54, 1.807) is 18.2 Å². The zero-order valence-electron chi connectivity index (χ0n) is 10.3. The van der Waals surface area contributed by atoms with Gasteiger partial charge in [0.05, 0.1) is 11.6 Å². The van der Waals surface area contributed by atoms with Crippen molar-refractivity contribution in [3.05, 3.63) is 29.3 Å². The van der Waals surface area contributed by atoms with Crippen LogP contribution in [0.1, 0.15) is 30.9 Å². The molecule has 0 atom stereocenters. The third kappa shape index (κ3) is 2.42. The number of phenols is 1. The number of nitriles is 1. The van der Waals surface area contributed by atoms with Crippen molar-refractivity contribution >= 4 is 0 Å². The van der Waals surface area contributed by atoms with Crippen LogP contribution in [-0.4, -0.2) is 29.6 Å². The molecule has 1 saturated heterocycles. The monoisotopic (exact) mass is 230 g/mol. The van der Waals surface area contributed by atoms with E-state index in [1.165, 1.54) is 0 Å². The molecule has 1 heterocycles. The fourth-order valence-corrected chi connectivity index (χ4v) is 2.50. The molecule has 1 aliphatic rings. The summed E-state index contributed by atoms with van der Waals surface area (Å²) in [5.41, 5.74) is 1.44. The Morgan fingerprint density at radius 1 is 1.47 bits per heavy atom. The first-order chi connectivity index (χ1) is 8.11. The Morgan fingerprint density at radius 2 is 2.18 bits per heavy atom. The van der Waals surface area contributed by atoms with Crippen LogP contribution in [0.4, 0.5) is 0 Å². The molecular weight excluding hydrogens is 212 g/mol. The summed E-state index contributed by atoms with van der Waals surface area (Å²) >= 11 is 0. The highest BCUT2D eigenvalue weighted by molar-refractivity contribution is 5.49. The summed E-state index contributed by atoms with van der Waals surface area (Å²) < 4.78 is 0. The van der Waals surface area contributed by atoms with Crippen LogP contribution in [-0.2, 0) is 0 Å². The first-order valence-electron chi connectivity index (χ1n) is 6.06. The molecule has 0 radical (unpaired) electrons. The van der Waals surface area contributed by atoms with Crippen LogP contribution < -0.4 is 0 Å². The van der Waals surface area contributed by atoms with Crippen molar-refractivity contribution in [3.63, 3.8) is 0 Å². The van der Waals surface area contributed by atoms with Crippen LogP contribution in [0.25, 0.3) is 0 Å². The molecule has 0 bridgehead atoms. The molecule has 1 aromatic carbocycles. The van der Waals surface area contributed by atoms with Crippen LogP contribution in [0.2, 0.25) is 0 Å². The van der Waals surface area contributed by atoms with Gasteiger partial charge < -0.3 is 10.0 Å². The maximum atomic E-state index is 9.86. The Hall–Kier alpha value is -1.53. The van der Waals surface area contributed by atoms with Crippen LogP contribution in [0.5, 0.6) is 5.75 Å². The van der Waals surface area contributed by atoms with Gasteiger partial charge in [-0.15, -0.1) is 0 Å². The average molecular weight is 230 g/mol. The van der Waals surface area contributed by atoms with Gasteiger partial charge in [-0.3, -0.25) is 0 Å². The molecule has 1 aromatic rings. The van der Waals surface area contributed by atoms with Gasteiger partial charge in [-0.05, 0) is 18.1 Å². The van der Waals surface area contributed by atoms with E-state index in [2.05, 4.69) is 24.8 Å². The summed E-state index contributed by atoms with van der Waals surface area (Å²) in [6.45, 7) is 7.39. The molecule has 0 aromatic heterocycles. The minimum Gasteiger partial charge on any atom is -0.508 e. The summed E-state index contributed by atoms with van der Waals surface area (Å²) in [5, 5.41) is 18.9. The Labute approximate surface area is 102 Å². The molecule has 1 N–H and O–H groups in total. The minimum absolute atomic E-state index is 0.262. The Kier molecular flexibility index (Phi) is 3.35. The number of likely N-dealkylation sites (tertiary alicyclic amines) is 1. The lowest BCUT2D eigenvalue weighted by atomic mass is 9.87. The standard InChI is InChI=1S/C14H18N2O/c1-10(2)7-16-8-12(9-16)14-11(6-15)4-3-5-13(14)17/h3-5,10,12,17H,7-9H2,1-2H3. The largest absolute Gasteiger partial charge is 0.508 e. The van der Waals surface area contributed by atoms with Crippen molar-refractivity contribution in [2.24, 2.45) is 5.92 Å². The molecule has 0 spiro atoms. The normalized spacial score (nSPS) is 16.8.